The Morgan fingerprint density at radius 2 is 1.93 bits per heavy atom. The van der Waals surface area contributed by atoms with Gasteiger partial charge in [-0.2, -0.15) is 0 Å². The van der Waals surface area contributed by atoms with Gasteiger partial charge in [0, 0.05) is 6.54 Å². The van der Waals surface area contributed by atoms with Crippen molar-refractivity contribution < 1.29 is 26.0 Å². The number of carbonyl (C=O) groups is 1. The van der Waals surface area contributed by atoms with Crippen molar-refractivity contribution in [1.82, 2.24) is 5.32 Å². The molecular formula is C19H19ClFNO5S2. The van der Waals surface area contributed by atoms with Crippen LogP contribution < -0.4 is 5.32 Å². The Morgan fingerprint density at radius 3 is 2.59 bits per heavy atom. The van der Waals surface area contributed by atoms with E-state index < -0.39 is 36.6 Å². The molecule has 2 aromatic carbocycles. The molecule has 3 rings (SSSR count). The Balaban J connectivity index is 1.75. The van der Waals surface area contributed by atoms with Gasteiger partial charge in [-0.05, 0) is 42.7 Å². The molecule has 1 N–H and O–H groups in total. The van der Waals surface area contributed by atoms with E-state index in [2.05, 4.69) is 5.32 Å². The van der Waals surface area contributed by atoms with Crippen LogP contribution in [0.3, 0.4) is 0 Å². The molecule has 1 aliphatic heterocycles. The van der Waals surface area contributed by atoms with E-state index in [1.54, 1.807) is 18.2 Å². The van der Waals surface area contributed by atoms with Crippen LogP contribution in [-0.4, -0.2) is 46.0 Å². The van der Waals surface area contributed by atoms with E-state index in [0.29, 0.717) is 5.56 Å². The number of nitrogens with one attached hydrogen (secondary N) is 1. The number of halogens is 2. The molecule has 1 aliphatic rings. The van der Waals surface area contributed by atoms with Crippen LogP contribution in [0.5, 0.6) is 0 Å². The number of hydrogen-bond acceptors (Lipinski definition) is 5. The fourth-order valence-corrected chi connectivity index (χ4v) is 7.75. The van der Waals surface area contributed by atoms with Crippen molar-refractivity contribution in [2.45, 2.75) is 23.0 Å². The average Bonchev–Trinajstić information content (AvgIpc) is 3.04. The molecule has 1 atom stereocenters. The van der Waals surface area contributed by atoms with Crippen molar-refractivity contribution in [3.8, 4) is 0 Å². The van der Waals surface area contributed by atoms with E-state index in [4.69, 9.17) is 11.6 Å². The van der Waals surface area contributed by atoms with Gasteiger partial charge in [0.25, 0.3) is 5.91 Å². The fourth-order valence-electron chi connectivity index (χ4n) is 3.16. The first kappa shape index (κ1) is 21.7. The molecule has 29 heavy (non-hydrogen) atoms. The lowest BCUT2D eigenvalue weighted by Gasteiger charge is -2.13. The van der Waals surface area contributed by atoms with Crippen LogP contribution in [0.2, 0.25) is 5.02 Å². The van der Waals surface area contributed by atoms with Crippen molar-refractivity contribution in [2.24, 2.45) is 0 Å². The predicted molar refractivity (Wildman–Crippen MR) is 108 cm³/mol. The molecule has 0 aliphatic carbocycles. The lowest BCUT2D eigenvalue weighted by atomic mass is 10.1. The Labute approximate surface area is 173 Å². The summed E-state index contributed by atoms with van der Waals surface area (Å²) in [5.41, 5.74) is 0.403. The molecule has 1 saturated heterocycles. The topological polar surface area (TPSA) is 97.4 Å². The maximum atomic E-state index is 13.6. The molecule has 0 radical (unpaired) electrons. The van der Waals surface area contributed by atoms with E-state index in [1.165, 1.54) is 18.2 Å². The molecule has 0 saturated carbocycles. The molecule has 1 heterocycles. The van der Waals surface area contributed by atoms with Crippen LogP contribution in [-0.2, 0) is 26.1 Å². The second kappa shape index (κ2) is 8.41. The zero-order chi connectivity index (χ0) is 21.2. The minimum Gasteiger partial charge on any atom is -0.352 e. The first-order chi connectivity index (χ1) is 13.6. The van der Waals surface area contributed by atoms with Crippen molar-refractivity contribution in [3.63, 3.8) is 0 Å². The van der Waals surface area contributed by atoms with Crippen molar-refractivity contribution in [3.05, 3.63) is 64.4 Å². The lowest BCUT2D eigenvalue weighted by Crippen LogP contribution is -2.27. The summed E-state index contributed by atoms with van der Waals surface area (Å²) in [6, 6.07) is 9.90. The van der Waals surface area contributed by atoms with Crippen LogP contribution in [0.4, 0.5) is 4.39 Å². The van der Waals surface area contributed by atoms with Gasteiger partial charge in [-0.15, -0.1) is 0 Å². The number of benzene rings is 2. The number of sulfone groups is 2. The lowest BCUT2D eigenvalue weighted by molar-refractivity contribution is 0.0954. The van der Waals surface area contributed by atoms with E-state index in [-0.39, 0.29) is 46.4 Å². The van der Waals surface area contributed by atoms with Gasteiger partial charge in [-0.3, -0.25) is 4.79 Å². The number of rotatable bonds is 6. The molecule has 6 nitrogen and oxygen atoms in total. The minimum atomic E-state index is -3.92. The molecular weight excluding hydrogens is 441 g/mol. The zero-order valence-corrected chi connectivity index (χ0v) is 17.7. The zero-order valence-electron chi connectivity index (χ0n) is 15.3. The van der Waals surface area contributed by atoms with E-state index in [9.17, 15) is 26.0 Å². The highest BCUT2D eigenvalue weighted by Crippen LogP contribution is 2.28. The number of amides is 1. The van der Waals surface area contributed by atoms with Gasteiger partial charge < -0.3 is 5.32 Å². The molecule has 1 unspecified atom stereocenters. The normalized spacial score (nSPS) is 18.5. The minimum absolute atomic E-state index is 0.0253. The maximum Gasteiger partial charge on any atom is 0.252 e. The molecule has 0 bridgehead atoms. The Kier molecular flexibility index (Phi) is 6.30. The van der Waals surface area contributed by atoms with Gasteiger partial charge in [-0.25, -0.2) is 21.2 Å². The van der Waals surface area contributed by atoms with Crippen molar-refractivity contribution in [1.29, 1.82) is 0 Å². The van der Waals surface area contributed by atoms with Crippen molar-refractivity contribution >= 4 is 37.2 Å². The Morgan fingerprint density at radius 1 is 1.21 bits per heavy atom. The summed E-state index contributed by atoms with van der Waals surface area (Å²) in [7, 11) is -7.30. The van der Waals surface area contributed by atoms with Crippen LogP contribution >= 0.6 is 11.6 Å². The summed E-state index contributed by atoms with van der Waals surface area (Å²) in [6.07, 6.45) is 0.283. The van der Waals surface area contributed by atoms with Gasteiger partial charge in [0.15, 0.2) is 19.7 Å². The maximum absolute atomic E-state index is 13.6. The molecule has 156 valence electrons. The van der Waals surface area contributed by atoms with Gasteiger partial charge in [0.05, 0.1) is 32.2 Å². The van der Waals surface area contributed by atoms with Crippen LogP contribution in [0.15, 0.2) is 47.4 Å². The highest BCUT2D eigenvalue weighted by Gasteiger charge is 2.38. The van der Waals surface area contributed by atoms with Gasteiger partial charge in [0.1, 0.15) is 5.82 Å². The highest BCUT2D eigenvalue weighted by atomic mass is 35.5. The summed E-state index contributed by atoms with van der Waals surface area (Å²) in [6.45, 7) is 0.133. The SMILES string of the molecule is O=C(NCCc1ccccc1F)c1cc(S(=O)(=O)C2CCS(=O)(=O)C2)ccc1Cl. The second-order valence-electron chi connectivity index (χ2n) is 6.81. The second-order valence-corrected chi connectivity index (χ2v) is 11.7. The number of hydrogen-bond donors (Lipinski definition) is 1. The van der Waals surface area contributed by atoms with E-state index in [1.807, 2.05) is 0 Å². The third kappa shape index (κ3) is 4.96. The van der Waals surface area contributed by atoms with Crippen LogP contribution in [0, 0.1) is 5.82 Å². The van der Waals surface area contributed by atoms with Crippen molar-refractivity contribution in [2.75, 3.05) is 18.1 Å². The molecule has 0 aromatic heterocycles. The molecule has 10 heteroatoms. The Hall–Kier alpha value is -1.97. The third-order valence-electron chi connectivity index (χ3n) is 4.78. The summed E-state index contributed by atoms with van der Waals surface area (Å²) in [5.74, 6) is -1.57. The van der Waals surface area contributed by atoms with Gasteiger partial charge in [-0.1, -0.05) is 29.8 Å². The first-order valence-electron chi connectivity index (χ1n) is 8.85. The van der Waals surface area contributed by atoms with Gasteiger partial charge in [0.2, 0.25) is 0 Å². The summed E-state index contributed by atoms with van der Waals surface area (Å²) in [5, 5.41) is 1.62. The van der Waals surface area contributed by atoms with E-state index >= 15 is 0 Å². The van der Waals surface area contributed by atoms with E-state index in [0.717, 1.165) is 6.07 Å². The molecule has 1 amide bonds. The van der Waals surface area contributed by atoms with Gasteiger partial charge >= 0.3 is 0 Å². The quantitative estimate of drug-likeness (QED) is 0.715. The third-order valence-corrected chi connectivity index (χ3v) is 9.28. The molecule has 2 aromatic rings. The van der Waals surface area contributed by atoms with Crippen LogP contribution in [0.25, 0.3) is 0 Å². The summed E-state index contributed by atoms with van der Waals surface area (Å²) in [4.78, 5) is 12.3. The molecule has 1 fully saturated rings. The summed E-state index contributed by atoms with van der Waals surface area (Å²) < 4.78 is 62.4. The first-order valence-corrected chi connectivity index (χ1v) is 12.6. The predicted octanol–water partition coefficient (Wildman–Crippen LogP) is 2.41. The molecule has 0 spiro atoms. The standard InChI is InChI=1S/C19H19ClFNO5S2/c20-17-6-5-14(29(26,27)15-8-10-28(24,25)12-15)11-16(17)19(23)22-9-7-13-3-1-2-4-18(13)21/h1-6,11,15H,7-10,12H2,(H,22,23). The summed E-state index contributed by atoms with van der Waals surface area (Å²) >= 11 is 6.06. The largest absolute Gasteiger partial charge is 0.352 e. The monoisotopic (exact) mass is 459 g/mol. The fraction of sp³-hybridized carbons (Fsp3) is 0.316. The van der Waals surface area contributed by atoms with Crippen LogP contribution in [0.1, 0.15) is 22.3 Å². The smallest absolute Gasteiger partial charge is 0.252 e. The number of carbonyl (C=O) groups excluding carboxylic acids is 1. The average molecular weight is 460 g/mol. The highest BCUT2D eigenvalue weighted by molar-refractivity contribution is 7.96. The Bertz CT molecular complexity index is 1150.